The Morgan fingerprint density at radius 2 is 1.88 bits per heavy atom. The minimum absolute atomic E-state index is 0.378. The van der Waals surface area contributed by atoms with Crippen LogP contribution in [-0.2, 0) is 10.0 Å². The Hall–Kier alpha value is -1.60. The molecule has 1 unspecified atom stereocenters. The van der Waals surface area contributed by atoms with E-state index in [-0.39, 0.29) is 0 Å². The van der Waals surface area contributed by atoms with Crippen LogP contribution in [0.5, 0.6) is 0 Å². The largest absolute Gasteiger partial charge is 0.357 e. The van der Waals surface area contributed by atoms with Gasteiger partial charge in [0.15, 0.2) is 5.96 Å². The van der Waals surface area contributed by atoms with Gasteiger partial charge >= 0.3 is 0 Å². The molecule has 0 spiro atoms. The number of guanidine groups is 1. The summed E-state index contributed by atoms with van der Waals surface area (Å²) in [6, 6.07) is 9.07. The van der Waals surface area contributed by atoms with E-state index < -0.39 is 10.0 Å². The zero-order chi connectivity index (χ0) is 19.0. The third kappa shape index (κ3) is 5.71. The second-order valence-corrected chi connectivity index (χ2v) is 8.77. The first-order valence-electron chi connectivity index (χ1n) is 9.57. The number of hydrogen-bond acceptors (Lipinski definition) is 3. The molecule has 1 heterocycles. The van der Waals surface area contributed by atoms with Crippen LogP contribution in [0.1, 0.15) is 40.0 Å². The fraction of sp³-hybridized carbons (Fsp3) is 0.632. The maximum absolute atomic E-state index is 12.7. The van der Waals surface area contributed by atoms with E-state index in [4.69, 9.17) is 4.99 Å². The quantitative estimate of drug-likeness (QED) is 0.563. The van der Waals surface area contributed by atoms with Crippen molar-refractivity contribution in [3.63, 3.8) is 0 Å². The fourth-order valence-corrected chi connectivity index (χ4v) is 4.44. The van der Waals surface area contributed by atoms with Gasteiger partial charge in [0.25, 0.3) is 0 Å². The molecule has 6 nitrogen and oxygen atoms in total. The first-order chi connectivity index (χ1) is 12.5. The smallest absolute Gasteiger partial charge is 0.243 e. The molecule has 1 aliphatic rings. The molecule has 1 fully saturated rings. The standard InChI is InChI=1S/C19H32N4O2S/c1-4-16(3)22-19(20-5-2)21-15-17-11-13-23(14-12-17)26(24,25)18-9-7-6-8-10-18/h6-10,16-17H,4-5,11-15H2,1-3H3,(H2,20,21,22). The molecule has 0 amide bonds. The van der Waals surface area contributed by atoms with Crippen LogP contribution in [0.25, 0.3) is 0 Å². The van der Waals surface area contributed by atoms with E-state index in [2.05, 4.69) is 31.4 Å². The molecule has 0 saturated carbocycles. The number of nitrogens with zero attached hydrogens (tertiary/aromatic N) is 2. The summed E-state index contributed by atoms with van der Waals surface area (Å²) in [4.78, 5) is 5.08. The van der Waals surface area contributed by atoms with Gasteiger partial charge in [-0.1, -0.05) is 25.1 Å². The minimum Gasteiger partial charge on any atom is -0.357 e. The van der Waals surface area contributed by atoms with Crippen molar-refractivity contribution in [3.8, 4) is 0 Å². The maximum atomic E-state index is 12.7. The van der Waals surface area contributed by atoms with Gasteiger partial charge in [0.1, 0.15) is 0 Å². The Labute approximate surface area is 158 Å². The van der Waals surface area contributed by atoms with Crippen molar-refractivity contribution in [1.29, 1.82) is 0 Å². The highest BCUT2D eigenvalue weighted by Gasteiger charge is 2.29. The predicted molar refractivity (Wildman–Crippen MR) is 107 cm³/mol. The van der Waals surface area contributed by atoms with Crippen LogP contribution in [0.3, 0.4) is 0 Å². The lowest BCUT2D eigenvalue weighted by Gasteiger charge is -2.30. The first-order valence-corrected chi connectivity index (χ1v) is 11.0. The molecule has 1 aliphatic heterocycles. The lowest BCUT2D eigenvalue weighted by atomic mass is 9.98. The summed E-state index contributed by atoms with van der Waals surface area (Å²) in [7, 11) is -3.37. The van der Waals surface area contributed by atoms with Crippen LogP contribution in [0.15, 0.2) is 40.2 Å². The van der Waals surface area contributed by atoms with Gasteiger partial charge in [-0.3, -0.25) is 4.99 Å². The van der Waals surface area contributed by atoms with Crippen LogP contribution in [0, 0.1) is 5.92 Å². The summed E-state index contributed by atoms with van der Waals surface area (Å²) >= 11 is 0. The number of rotatable bonds is 7. The summed E-state index contributed by atoms with van der Waals surface area (Å²) in [5, 5.41) is 6.67. The molecular formula is C19H32N4O2S. The van der Waals surface area contributed by atoms with Gasteiger partial charge in [0.2, 0.25) is 10.0 Å². The van der Waals surface area contributed by atoms with E-state index in [1.807, 2.05) is 6.07 Å². The molecule has 2 N–H and O–H groups in total. The fourth-order valence-electron chi connectivity index (χ4n) is 2.95. The molecule has 1 aromatic rings. The molecule has 0 aromatic heterocycles. The van der Waals surface area contributed by atoms with Crippen molar-refractivity contribution in [1.82, 2.24) is 14.9 Å². The molecule has 1 aromatic carbocycles. The van der Waals surface area contributed by atoms with E-state index in [1.165, 1.54) is 0 Å². The highest BCUT2D eigenvalue weighted by molar-refractivity contribution is 7.89. The van der Waals surface area contributed by atoms with Crippen molar-refractivity contribution in [3.05, 3.63) is 30.3 Å². The van der Waals surface area contributed by atoms with Gasteiger partial charge in [0.05, 0.1) is 4.90 Å². The zero-order valence-electron chi connectivity index (χ0n) is 16.1. The normalized spacial score (nSPS) is 18.5. The molecule has 2 rings (SSSR count). The van der Waals surface area contributed by atoms with Crippen LogP contribution >= 0.6 is 0 Å². The van der Waals surface area contributed by atoms with Gasteiger partial charge in [-0.05, 0) is 51.2 Å². The zero-order valence-corrected chi connectivity index (χ0v) is 16.9. The number of sulfonamides is 1. The molecule has 1 saturated heterocycles. The number of hydrogen-bond donors (Lipinski definition) is 2. The van der Waals surface area contributed by atoms with E-state index in [1.54, 1.807) is 28.6 Å². The summed E-state index contributed by atoms with van der Waals surface area (Å²) in [5.74, 6) is 1.27. The highest BCUT2D eigenvalue weighted by atomic mass is 32.2. The third-order valence-electron chi connectivity index (χ3n) is 4.80. The van der Waals surface area contributed by atoms with Crippen LogP contribution in [-0.4, -0.2) is 50.9 Å². The van der Waals surface area contributed by atoms with Gasteiger partial charge in [-0.15, -0.1) is 0 Å². The van der Waals surface area contributed by atoms with Gasteiger partial charge < -0.3 is 10.6 Å². The summed E-state index contributed by atoms with van der Waals surface area (Å²) < 4.78 is 27.0. The van der Waals surface area contributed by atoms with Crippen LogP contribution in [0.4, 0.5) is 0 Å². The molecule has 0 radical (unpaired) electrons. The number of piperidine rings is 1. The monoisotopic (exact) mass is 380 g/mol. The Bertz CT molecular complexity index is 668. The van der Waals surface area contributed by atoms with Gasteiger partial charge in [-0.2, -0.15) is 4.31 Å². The molecular weight excluding hydrogens is 348 g/mol. The minimum atomic E-state index is -3.37. The molecule has 7 heteroatoms. The van der Waals surface area contributed by atoms with E-state index in [9.17, 15) is 8.42 Å². The lowest BCUT2D eigenvalue weighted by molar-refractivity contribution is 0.278. The van der Waals surface area contributed by atoms with E-state index in [0.717, 1.165) is 38.3 Å². The predicted octanol–water partition coefficient (Wildman–Crippen LogP) is 2.44. The Kier molecular flexibility index (Phi) is 7.90. The van der Waals surface area contributed by atoms with Crippen molar-refractivity contribution in [2.75, 3.05) is 26.2 Å². The number of nitrogens with one attached hydrogen (secondary N) is 2. The average molecular weight is 381 g/mol. The summed E-state index contributed by atoms with van der Waals surface area (Å²) in [6.07, 6.45) is 2.73. The molecule has 26 heavy (non-hydrogen) atoms. The van der Waals surface area contributed by atoms with Crippen molar-refractivity contribution >= 4 is 16.0 Å². The second kappa shape index (κ2) is 9.92. The lowest BCUT2D eigenvalue weighted by Crippen LogP contribution is -2.43. The van der Waals surface area contributed by atoms with Crippen LogP contribution in [0.2, 0.25) is 0 Å². The van der Waals surface area contributed by atoms with Crippen molar-refractivity contribution in [2.45, 2.75) is 51.0 Å². The average Bonchev–Trinajstić information content (AvgIpc) is 2.67. The maximum Gasteiger partial charge on any atom is 0.243 e. The highest BCUT2D eigenvalue weighted by Crippen LogP contribution is 2.23. The first kappa shape index (κ1) is 20.7. The SMILES string of the molecule is CCNC(=NCC1CCN(S(=O)(=O)c2ccccc2)CC1)NC(C)CC. The summed E-state index contributed by atoms with van der Waals surface area (Å²) in [6.45, 7) is 9.02. The van der Waals surface area contributed by atoms with E-state index >= 15 is 0 Å². The topological polar surface area (TPSA) is 73.8 Å². The number of benzene rings is 1. The summed E-state index contributed by atoms with van der Waals surface area (Å²) in [5.41, 5.74) is 0. The van der Waals surface area contributed by atoms with Gasteiger partial charge in [-0.25, -0.2) is 8.42 Å². The van der Waals surface area contributed by atoms with Crippen molar-refractivity contribution in [2.24, 2.45) is 10.9 Å². The Balaban J connectivity index is 1.90. The third-order valence-corrected chi connectivity index (χ3v) is 6.71. The molecule has 0 bridgehead atoms. The Morgan fingerprint density at radius 1 is 1.23 bits per heavy atom. The molecule has 1 atom stereocenters. The molecule has 0 aliphatic carbocycles. The van der Waals surface area contributed by atoms with Crippen LogP contribution < -0.4 is 10.6 Å². The Morgan fingerprint density at radius 3 is 2.46 bits per heavy atom. The van der Waals surface area contributed by atoms with E-state index in [0.29, 0.717) is 29.9 Å². The number of aliphatic imine (C=N–C) groups is 1. The molecule has 146 valence electrons. The van der Waals surface area contributed by atoms with Crippen molar-refractivity contribution < 1.29 is 8.42 Å². The second-order valence-electron chi connectivity index (χ2n) is 6.83. The van der Waals surface area contributed by atoms with Gasteiger partial charge in [0, 0.05) is 32.2 Å².